The summed E-state index contributed by atoms with van der Waals surface area (Å²) in [6.07, 6.45) is 2.14. The van der Waals surface area contributed by atoms with E-state index in [0.717, 1.165) is 5.69 Å². The Hall–Kier alpha value is -1.81. The standard InChI is InChI=1S/C16H20FN3/c1-16(2,3)19-11-13-8-9-18-15(20-13)10-12-6-4-5-7-14(12)17/h4-9,19H,10-11H2,1-3H3. The van der Waals surface area contributed by atoms with Gasteiger partial charge in [-0.3, -0.25) is 0 Å². The number of nitrogens with zero attached hydrogens (tertiary/aromatic N) is 2. The van der Waals surface area contributed by atoms with Gasteiger partial charge < -0.3 is 5.32 Å². The minimum atomic E-state index is -0.214. The third-order valence-electron chi connectivity index (χ3n) is 2.87. The molecule has 0 radical (unpaired) electrons. The molecule has 4 heteroatoms. The maximum absolute atomic E-state index is 13.6. The van der Waals surface area contributed by atoms with Gasteiger partial charge in [-0.25, -0.2) is 14.4 Å². The minimum Gasteiger partial charge on any atom is -0.306 e. The fourth-order valence-electron chi connectivity index (χ4n) is 1.79. The summed E-state index contributed by atoms with van der Waals surface area (Å²) in [6.45, 7) is 6.99. The van der Waals surface area contributed by atoms with Gasteiger partial charge in [0.15, 0.2) is 0 Å². The van der Waals surface area contributed by atoms with Crippen LogP contribution in [0, 0.1) is 5.82 Å². The van der Waals surface area contributed by atoms with Crippen molar-refractivity contribution in [1.82, 2.24) is 15.3 Å². The Morgan fingerprint density at radius 3 is 2.60 bits per heavy atom. The maximum Gasteiger partial charge on any atom is 0.133 e. The molecule has 1 aromatic carbocycles. The number of hydrogen-bond donors (Lipinski definition) is 1. The quantitative estimate of drug-likeness (QED) is 0.930. The predicted octanol–water partition coefficient (Wildman–Crippen LogP) is 3.09. The zero-order valence-corrected chi connectivity index (χ0v) is 12.2. The Bertz CT molecular complexity index is 576. The molecule has 0 aliphatic heterocycles. The lowest BCUT2D eigenvalue weighted by Crippen LogP contribution is -2.35. The second kappa shape index (κ2) is 6.09. The van der Waals surface area contributed by atoms with Crippen LogP contribution in [0.3, 0.4) is 0 Å². The zero-order valence-electron chi connectivity index (χ0n) is 12.2. The monoisotopic (exact) mass is 273 g/mol. The number of hydrogen-bond acceptors (Lipinski definition) is 3. The van der Waals surface area contributed by atoms with Crippen LogP contribution >= 0.6 is 0 Å². The summed E-state index contributed by atoms with van der Waals surface area (Å²) in [7, 11) is 0. The van der Waals surface area contributed by atoms with Crippen LogP contribution in [0.1, 0.15) is 37.9 Å². The van der Waals surface area contributed by atoms with Gasteiger partial charge in [-0.2, -0.15) is 0 Å². The summed E-state index contributed by atoms with van der Waals surface area (Å²) in [5, 5.41) is 3.38. The second-order valence-corrected chi connectivity index (χ2v) is 5.84. The summed E-state index contributed by atoms with van der Waals surface area (Å²) in [6, 6.07) is 8.61. The topological polar surface area (TPSA) is 37.8 Å². The molecule has 0 spiro atoms. The largest absolute Gasteiger partial charge is 0.306 e. The Morgan fingerprint density at radius 2 is 1.90 bits per heavy atom. The van der Waals surface area contributed by atoms with E-state index < -0.39 is 0 Å². The molecule has 1 aromatic heterocycles. The van der Waals surface area contributed by atoms with Gasteiger partial charge in [-0.15, -0.1) is 0 Å². The first-order chi connectivity index (χ1) is 9.44. The molecule has 2 aromatic rings. The van der Waals surface area contributed by atoms with Crippen LogP contribution < -0.4 is 5.32 Å². The molecule has 0 fully saturated rings. The highest BCUT2D eigenvalue weighted by Crippen LogP contribution is 2.11. The van der Waals surface area contributed by atoms with Crippen LogP contribution in [-0.4, -0.2) is 15.5 Å². The van der Waals surface area contributed by atoms with Crippen molar-refractivity contribution in [3.05, 3.63) is 59.4 Å². The molecule has 3 nitrogen and oxygen atoms in total. The Kier molecular flexibility index (Phi) is 4.45. The maximum atomic E-state index is 13.6. The van der Waals surface area contributed by atoms with Crippen LogP contribution in [0.15, 0.2) is 36.5 Å². The van der Waals surface area contributed by atoms with Gasteiger partial charge >= 0.3 is 0 Å². The summed E-state index contributed by atoms with van der Waals surface area (Å²) in [5.41, 5.74) is 1.58. The molecule has 0 unspecified atom stereocenters. The van der Waals surface area contributed by atoms with E-state index in [1.807, 2.05) is 12.1 Å². The highest BCUT2D eigenvalue weighted by Gasteiger charge is 2.10. The summed E-state index contributed by atoms with van der Waals surface area (Å²) < 4.78 is 13.6. The number of rotatable bonds is 4. The van der Waals surface area contributed by atoms with Crippen LogP contribution in [-0.2, 0) is 13.0 Å². The number of halogens is 1. The molecule has 0 aliphatic carbocycles. The molecule has 1 N–H and O–H groups in total. The van der Waals surface area contributed by atoms with Crippen molar-refractivity contribution < 1.29 is 4.39 Å². The van der Waals surface area contributed by atoms with Crippen molar-refractivity contribution in [2.45, 2.75) is 39.3 Å². The van der Waals surface area contributed by atoms with Gasteiger partial charge in [0.05, 0.1) is 5.69 Å². The minimum absolute atomic E-state index is 0.0383. The average Bonchev–Trinajstić information content (AvgIpc) is 2.39. The molecule has 2 rings (SSSR count). The van der Waals surface area contributed by atoms with Crippen molar-refractivity contribution in [2.75, 3.05) is 0 Å². The zero-order chi connectivity index (χ0) is 14.6. The van der Waals surface area contributed by atoms with Crippen LogP contribution in [0.2, 0.25) is 0 Å². The molecule has 0 atom stereocenters. The van der Waals surface area contributed by atoms with Crippen molar-refractivity contribution in [3.63, 3.8) is 0 Å². The van der Waals surface area contributed by atoms with E-state index in [0.29, 0.717) is 24.4 Å². The third kappa shape index (κ3) is 4.38. The van der Waals surface area contributed by atoms with Gasteiger partial charge in [-0.1, -0.05) is 18.2 Å². The van der Waals surface area contributed by atoms with Crippen molar-refractivity contribution in [1.29, 1.82) is 0 Å². The smallest absolute Gasteiger partial charge is 0.133 e. The lowest BCUT2D eigenvalue weighted by Gasteiger charge is -2.20. The van der Waals surface area contributed by atoms with Crippen LogP contribution in [0.25, 0.3) is 0 Å². The first kappa shape index (κ1) is 14.6. The Labute approximate surface area is 119 Å². The summed E-state index contributed by atoms with van der Waals surface area (Å²) >= 11 is 0. The van der Waals surface area contributed by atoms with Gasteiger partial charge in [0.2, 0.25) is 0 Å². The number of nitrogens with one attached hydrogen (secondary N) is 1. The molecule has 0 aliphatic rings. The second-order valence-electron chi connectivity index (χ2n) is 5.84. The third-order valence-corrected chi connectivity index (χ3v) is 2.87. The molecule has 0 saturated heterocycles. The van der Waals surface area contributed by atoms with Gasteiger partial charge in [0.25, 0.3) is 0 Å². The predicted molar refractivity (Wildman–Crippen MR) is 77.8 cm³/mol. The molecular weight excluding hydrogens is 253 g/mol. The van der Waals surface area contributed by atoms with Crippen molar-refractivity contribution in [3.8, 4) is 0 Å². The molecule has 106 valence electrons. The molecule has 0 bridgehead atoms. The van der Waals surface area contributed by atoms with E-state index in [1.165, 1.54) is 6.07 Å². The Morgan fingerprint density at radius 1 is 1.15 bits per heavy atom. The SMILES string of the molecule is CC(C)(C)NCc1ccnc(Cc2ccccc2F)n1. The highest BCUT2D eigenvalue weighted by atomic mass is 19.1. The highest BCUT2D eigenvalue weighted by molar-refractivity contribution is 5.21. The molecular formula is C16H20FN3. The Balaban J connectivity index is 2.08. The van der Waals surface area contributed by atoms with Gasteiger partial charge in [0, 0.05) is 24.7 Å². The summed E-state index contributed by atoms with van der Waals surface area (Å²) in [5.74, 6) is 0.428. The molecule has 0 saturated carbocycles. The van der Waals surface area contributed by atoms with E-state index in [-0.39, 0.29) is 11.4 Å². The average molecular weight is 273 g/mol. The van der Waals surface area contributed by atoms with E-state index in [1.54, 1.807) is 18.3 Å². The van der Waals surface area contributed by atoms with Crippen molar-refractivity contribution in [2.24, 2.45) is 0 Å². The van der Waals surface area contributed by atoms with Crippen molar-refractivity contribution >= 4 is 0 Å². The van der Waals surface area contributed by atoms with E-state index >= 15 is 0 Å². The fourth-order valence-corrected chi connectivity index (χ4v) is 1.79. The van der Waals surface area contributed by atoms with E-state index in [9.17, 15) is 4.39 Å². The normalized spacial score (nSPS) is 11.6. The first-order valence-electron chi connectivity index (χ1n) is 6.73. The van der Waals surface area contributed by atoms with Gasteiger partial charge in [0.1, 0.15) is 11.6 Å². The van der Waals surface area contributed by atoms with Crippen LogP contribution in [0.4, 0.5) is 4.39 Å². The molecule has 20 heavy (non-hydrogen) atoms. The van der Waals surface area contributed by atoms with Gasteiger partial charge in [-0.05, 0) is 38.5 Å². The number of benzene rings is 1. The first-order valence-corrected chi connectivity index (χ1v) is 6.73. The van der Waals surface area contributed by atoms with E-state index in [4.69, 9.17) is 0 Å². The lowest BCUT2D eigenvalue weighted by molar-refractivity contribution is 0.420. The number of aromatic nitrogens is 2. The lowest BCUT2D eigenvalue weighted by atomic mass is 10.1. The summed E-state index contributed by atoms with van der Waals surface area (Å²) in [4.78, 5) is 8.69. The van der Waals surface area contributed by atoms with E-state index in [2.05, 4.69) is 36.1 Å². The molecule has 1 heterocycles. The fraction of sp³-hybridized carbons (Fsp3) is 0.375. The van der Waals surface area contributed by atoms with Crippen LogP contribution in [0.5, 0.6) is 0 Å². The molecule has 0 amide bonds.